The number of rotatable bonds is 3. The van der Waals surface area contributed by atoms with Crippen molar-refractivity contribution in [2.24, 2.45) is 5.10 Å². The van der Waals surface area contributed by atoms with Gasteiger partial charge in [-0.3, -0.25) is 9.89 Å². The number of phenolic OH excluding ortho intramolecular Hbond substituents is 2. The first-order valence-corrected chi connectivity index (χ1v) is 8.14. The van der Waals surface area contributed by atoms with Crippen molar-refractivity contribution in [2.75, 3.05) is 0 Å². The Morgan fingerprint density at radius 2 is 2.00 bits per heavy atom. The molecule has 0 radical (unpaired) electrons. The molecule has 1 amide bonds. The van der Waals surface area contributed by atoms with Gasteiger partial charge in [0, 0.05) is 11.1 Å². The highest BCUT2D eigenvalue weighted by molar-refractivity contribution is 5.96. The van der Waals surface area contributed by atoms with E-state index in [1.54, 1.807) is 6.07 Å². The number of fused-ring (bicyclic) bond motifs is 3. The van der Waals surface area contributed by atoms with Gasteiger partial charge in [0.1, 0.15) is 5.69 Å². The second kappa shape index (κ2) is 6.36. The third-order valence-corrected chi connectivity index (χ3v) is 4.39. The molecule has 130 valence electrons. The van der Waals surface area contributed by atoms with Gasteiger partial charge in [-0.1, -0.05) is 24.3 Å². The first kappa shape index (κ1) is 15.9. The highest BCUT2D eigenvalue weighted by Crippen LogP contribution is 2.33. The second-order valence-corrected chi connectivity index (χ2v) is 6.03. The van der Waals surface area contributed by atoms with Gasteiger partial charge in [0.2, 0.25) is 0 Å². The smallest absolute Gasteiger partial charge is 0.289 e. The summed E-state index contributed by atoms with van der Waals surface area (Å²) in [7, 11) is 0. The van der Waals surface area contributed by atoms with E-state index in [9.17, 15) is 15.0 Å². The van der Waals surface area contributed by atoms with Crippen molar-refractivity contribution in [2.45, 2.75) is 12.8 Å². The van der Waals surface area contributed by atoms with Gasteiger partial charge in [-0.05, 0) is 42.2 Å². The molecule has 4 rings (SSSR count). The molecular weight excluding hydrogens is 332 g/mol. The molecule has 3 aromatic rings. The summed E-state index contributed by atoms with van der Waals surface area (Å²) >= 11 is 0. The van der Waals surface area contributed by atoms with Crippen LogP contribution in [0.3, 0.4) is 0 Å². The molecular formula is C19H16N4O3. The zero-order chi connectivity index (χ0) is 18.1. The number of hydrazone groups is 1. The maximum absolute atomic E-state index is 12.4. The Labute approximate surface area is 149 Å². The lowest BCUT2D eigenvalue weighted by atomic mass is 9.89. The fraction of sp³-hybridized carbons (Fsp3) is 0.105. The highest BCUT2D eigenvalue weighted by Gasteiger charge is 2.24. The molecule has 1 aliphatic rings. The Balaban J connectivity index is 1.52. The fourth-order valence-corrected chi connectivity index (χ4v) is 3.09. The molecule has 2 aromatic carbocycles. The molecule has 1 aliphatic carbocycles. The van der Waals surface area contributed by atoms with E-state index in [1.807, 2.05) is 18.2 Å². The minimum Gasteiger partial charge on any atom is -0.504 e. The zero-order valence-corrected chi connectivity index (χ0v) is 13.7. The van der Waals surface area contributed by atoms with Crippen LogP contribution in [0.5, 0.6) is 11.5 Å². The summed E-state index contributed by atoms with van der Waals surface area (Å²) in [5.41, 5.74) is 7.37. The number of hydrogen-bond acceptors (Lipinski definition) is 5. The molecule has 26 heavy (non-hydrogen) atoms. The summed E-state index contributed by atoms with van der Waals surface area (Å²) in [4.78, 5) is 12.4. The van der Waals surface area contributed by atoms with Crippen LogP contribution >= 0.6 is 0 Å². The number of aryl methyl sites for hydroxylation is 1. The van der Waals surface area contributed by atoms with Gasteiger partial charge < -0.3 is 10.2 Å². The van der Waals surface area contributed by atoms with Gasteiger partial charge >= 0.3 is 0 Å². The van der Waals surface area contributed by atoms with E-state index in [1.165, 1.54) is 23.9 Å². The van der Waals surface area contributed by atoms with Crippen molar-refractivity contribution in [3.05, 3.63) is 64.8 Å². The number of aromatic hydroxyl groups is 2. The van der Waals surface area contributed by atoms with Crippen LogP contribution in [0, 0.1) is 0 Å². The van der Waals surface area contributed by atoms with Gasteiger partial charge in [0.25, 0.3) is 5.91 Å². The van der Waals surface area contributed by atoms with Crippen molar-refractivity contribution in [3.8, 4) is 22.8 Å². The summed E-state index contributed by atoms with van der Waals surface area (Å²) in [5, 5.41) is 29.8. The van der Waals surface area contributed by atoms with E-state index in [4.69, 9.17) is 0 Å². The zero-order valence-electron chi connectivity index (χ0n) is 13.7. The van der Waals surface area contributed by atoms with E-state index >= 15 is 0 Å². The Kier molecular flexibility index (Phi) is 3.89. The van der Waals surface area contributed by atoms with Crippen LogP contribution in [0.2, 0.25) is 0 Å². The number of amides is 1. The number of H-pyrrole nitrogens is 1. The normalized spacial score (nSPS) is 12.6. The summed E-state index contributed by atoms with van der Waals surface area (Å²) in [6.45, 7) is 0. The Hall–Kier alpha value is -3.61. The molecule has 0 saturated carbocycles. The van der Waals surface area contributed by atoms with Crippen molar-refractivity contribution in [1.82, 2.24) is 15.6 Å². The molecule has 1 aromatic heterocycles. The van der Waals surface area contributed by atoms with Crippen LogP contribution in [0.25, 0.3) is 11.3 Å². The Morgan fingerprint density at radius 1 is 1.15 bits per heavy atom. The van der Waals surface area contributed by atoms with Crippen LogP contribution in [0.4, 0.5) is 0 Å². The Bertz CT molecular complexity index is 1020. The van der Waals surface area contributed by atoms with Gasteiger partial charge in [0.15, 0.2) is 11.5 Å². The molecule has 4 N–H and O–H groups in total. The van der Waals surface area contributed by atoms with E-state index in [0.717, 1.165) is 29.7 Å². The van der Waals surface area contributed by atoms with Crippen molar-refractivity contribution >= 4 is 12.1 Å². The van der Waals surface area contributed by atoms with Crippen molar-refractivity contribution < 1.29 is 15.0 Å². The summed E-state index contributed by atoms with van der Waals surface area (Å²) in [6, 6.07) is 12.3. The average molecular weight is 348 g/mol. The second-order valence-electron chi connectivity index (χ2n) is 6.03. The number of nitrogens with one attached hydrogen (secondary N) is 2. The third-order valence-electron chi connectivity index (χ3n) is 4.39. The van der Waals surface area contributed by atoms with E-state index < -0.39 is 0 Å². The quantitative estimate of drug-likeness (QED) is 0.331. The fourth-order valence-electron chi connectivity index (χ4n) is 3.09. The number of nitrogens with zero attached hydrogens (tertiary/aromatic N) is 2. The predicted octanol–water partition coefficient (Wildman–Crippen LogP) is 2.35. The molecule has 0 fully saturated rings. The van der Waals surface area contributed by atoms with Gasteiger partial charge in [0.05, 0.1) is 11.9 Å². The third kappa shape index (κ3) is 2.79. The van der Waals surface area contributed by atoms with Crippen LogP contribution in [0.15, 0.2) is 47.6 Å². The van der Waals surface area contributed by atoms with Gasteiger partial charge in [-0.15, -0.1) is 0 Å². The van der Waals surface area contributed by atoms with Crippen LogP contribution in [0.1, 0.15) is 27.2 Å². The first-order chi connectivity index (χ1) is 12.6. The molecule has 7 heteroatoms. The molecule has 0 atom stereocenters. The van der Waals surface area contributed by atoms with Crippen LogP contribution in [-0.4, -0.2) is 32.5 Å². The molecule has 0 bridgehead atoms. The van der Waals surface area contributed by atoms with Crippen LogP contribution in [-0.2, 0) is 12.8 Å². The van der Waals surface area contributed by atoms with Gasteiger partial charge in [-0.2, -0.15) is 10.2 Å². The van der Waals surface area contributed by atoms with Crippen molar-refractivity contribution in [3.63, 3.8) is 0 Å². The van der Waals surface area contributed by atoms with E-state index in [2.05, 4.69) is 26.8 Å². The number of carbonyl (C=O) groups is 1. The maximum atomic E-state index is 12.4. The maximum Gasteiger partial charge on any atom is 0.289 e. The lowest BCUT2D eigenvalue weighted by molar-refractivity contribution is 0.0949. The summed E-state index contributed by atoms with van der Waals surface area (Å²) < 4.78 is 0. The molecule has 0 aliphatic heterocycles. The molecule has 1 heterocycles. The largest absolute Gasteiger partial charge is 0.504 e. The minimum atomic E-state index is -0.377. The number of carbonyl (C=O) groups excluding carboxylic acids is 1. The lowest BCUT2D eigenvalue weighted by Crippen LogP contribution is -2.20. The van der Waals surface area contributed by atoms with E-state index in [0.29, 0.717) is 11.3 Å². The predicted molar refractivity (Wildman–Crippen MR) is 96.3 cm³/mol. The number of phenols is 2. The molecule has 7 nitrogen and oxygen atoms in total. The standard InChI is InChI=1S/C19H16N4O3/c24-15-8-5-11(9-16(15)25)10-20-23-19(26)18-14-7-6-12-3-1-2-4-13(12)17(14)21-22-18/h1-5,8-10,24-25H,6-7H2,(H,21,22)(H,23,26). The number of benzene rings is 2. The highest BCUT2D eigenvalue weighted by atomic mass is 16.3. The molecule has 0 spiro atoms. The monoisotopic (exact) mass is 348 g/mol. The first-order valence-electron chi connectivity index (χ1n) is 8.14. The molecule has 0 unspecified atom stereocenters. The molecule has 0 saturated heterocycles. The summed E-state index contributed by atoms with van der Waals surface area (Å²) in [5.74, 6) is -0.838. The lowest BCUT2D eigenvalue weighted by Gasteiger charge is -2.15. The minimum absolute atomic E-state index is 0.212. The summed E-state index contributed by atoms with van der Waals surface area (Å²) in [6.07, 6.45) is 2.98. The number of hydrogen-bond donors (Lipinski definition) is 4. The Morgan fingerprint density at radius 3 is 2.85 bits per heavy atom. The van der Waals surface area contributed by atoms with Crippen molar-refractivity contribution in [1.29, 1.82) is 0 Å². The number of aromatic nitrogens is 2. The number of aromatic amines is 1. The average Bonchev–Trinajstić information content (AvgIpc) is 3.09. The van der Waals surface area contributed by atoms with E-state index in [-0.39, 0.29) is 17.4 Å². The van der Waals surface area contributed by atoms with Gasteiger partial charge in [-0.25, -0.2) is 5.43 Å². The SMILES string of the molecule is O=C(NN=Cc1ccc(O)c(O)c1)c1[nH]nc2c1CCc1ccccc1-2. The van der Waals surface area contributed by atoms with Crippen LogP contribution < -0.4 is 5.43 Å². The topological polar surface area (TPSA) is 111 Å².